The highest BCUT2D eigenvalue weighted by Gasteiger charge is 2.29. The van der Waals surface area contributed by atoms with Gasteiger partial charge in [0, 0.05) is 6.42 Å². The SMILES string of the molecule is CC(C)CC(NC(=O)C(N)CC(N)=O)C(=O)NC(Cc1ccccc1)C(=O)NCC(=O)O. The van der Waals surface area contributed by atoms with Crippen LogP contribution in [0.3, 0.4) is 0 Å². The molecule has 0 saturated heterocycles. The summed E-state index contributed by atoms with van der Waals surface area (Å²) in [4.78, 5) is 59.6. The molecule has 0 spiro atoms. The summed E-state index contributed by atoms with van der Waals surface area (Å²) in [5, 5.41) is 16.2. The summed E-state index contributed by atoms with van der Waals surface area (Å²) in [6.07, 6.45) is -0.0205. The molecule has 11 heteroatoms. The Morgan fingerprint density at radius 2 is 1.53 bits per heavy atom. The van der Waals surface area contributed by atoms with Gasteiger partial charge in [0.05, 0.1) is 12.5 Å². The van der Waals surface area contributed by atoms with Crippen LogP contribution in [0.4, 0.5) is 0 Å². The standard InChI is InChI=1S/C21H31N5O6/c1-12(2)8-15(25-19(30)14(22)10-17(23)27)21(32)26-16(20(31)24-11-18(28)29)9-13-6-4-3-5-7-13/h3-7,12,14-16H,8-11,22H2,1-2H3,(H2,23,27)(H,24,31)(H,25,30)(H,26,32)(H,28,29). The second-order valence-corrected chi connectivity index (χ2v) is 7.83. The van der Waals surface area contributed by atoms with Crippen molar-refractivity contribution in [1.82, 2.24) is 16.0 Å². The highest BCUT2D eigenvalue weighted by atomic mass is 16.4. The monoisotopic (exact) mass is 449 g/mol. The van der Waals surface area contributed by atoms with Crippen molar-refractivity contribution < 1.29 is 29.1 Å². The number of hydrogen-bond donors (Lipinski definition) is 6. The first-order valence-electron chi connectivity index (χ1n) is 10.2. The van der Waals surface area contributed by atoms with E-state index in [2.05, 4.69) is 16.0 Å². The Bertz CT molecular complexity index is 814. The molecule has 4 amide bonds. The van der Waals surface area contributed by atoms with Gasteiger partial charge in [-0.25, -0.2) is 0 Å². The van der Waals surface area contributed by atoms with Gasteiger partial charge in [-0.1, -0.05) is 44.2 Å². The number of amides is 4. The molecule has 0 aliphatic carbocycles. The Hall–Kier alpha value is -3.47. The van der Waals surface area contributed by atoms with Crippen molar-refractivity contribution in [1.29, 1.82) is 0 Å². The molecular formula is C21H31N5O6. The zero-order chi connectivity index (χ0) is 24.3. The van der Waals surface area contributed by atoms with E-state index in [1.54, 1.807) is 30.3 Å². The van der Waals surface area contributed by atoms with Crippen LogP contribution in [-0.2, 0) is 30.4 Å². The molecule has 0 aliphatic rings. The lowest BCUT2D eigenvalue weighted by atomic mass is 10.0. The first kappa shape index (κ1) is 26.6. The lowest BCUT2D eigenvalue weighted by Crippen LogP contribution is -2.57. The number of carbonyl (C=O) groups is 5. The molecule has 1 aromatic rings. The molecule has 0 aliphatic heterocycles. The molecule has 0 aromatic heterocycles. The summed E-state index contributed by atoms with van der Waals surface area (Å²) in [6, 6.07) is 5.55. The summed E-state index contributed by atoms with van der Waals surface area (Å²) in [6.45, 7) is 3.09. The Kier molecular flexibility index (Phi) is 10.8. The number of nitrogens with one attached hydrogen (secondary N) is 3. The van der Waals surface area contributed by atoms with Crippen LogP contribution >= 0.6 is 0 Å². The van der Waals surface area contributed by atoms with E-state index in [1.165, 1.54) is 0 Å². The Balaban J connectivity index is 2.98. The van der Waals surface area contributed by atoms with E-state index >= 15 is 0 Å². The molecule has 0 fully saturated rings. The second kappa shape index (κ2) is 13.1. The van der Waals surface area contributed by atoms with E-state index in [9.17, 15) is 24.0 Å². The highest BCUT2D eigenvalue weighted by molar-refractivity contribution is 5.94. The normalized spacial score (nSPS) is 13.5. The van der Waals surface area contributed by atoms with Gasteiger partial charge in [0.1, 0.15) is 18.6 Å². The van der Waals surface area contributed by atoms with Crippen molar-refractivity contribution in [3.63, 3.8) is 0 Å². The summed E-state index contributed by atoms with van der Waals surface area (Å²) >= 11 is 0. The molecule has 32 heavy (non-hydrogen) atoms. The fourth-order valence-electron chi connectivity index (χ4n) is 2.91. The minimum Gasteiger partial charge on any atom is -0.480 e. The van der Waals surface area contributed by atoms with Crippen molar-refractivity contribution in [2.75, 3.05) is 6.54 Å². The molecule has 1 rings (SSSR count). The van der Waals surface area contributed by atoms with Crippen LogP contribution in [0.15, 0.2) is 30.3 Å². The minimum atomic E-state index is -1.23. The Labute approximate surface area is 186 Å². The van der Waals surface area contributed by atoms with Gasteiger partial charge in [-0.3, -0.25) is 24.0 Å². The largest absolute Gasteiger partial charge is 0.480 e. The number of aliphatic carboxylic acids is 1. The first-order valence-corrected chi connectivity index (χ1v) is 10.2. The summed E-state index contributed by atoms with van der Waals surface area (Å²) in [7, 11) is 0. The lowest BCUT2D eigenvalue weighted by molar-refractivity contribution is -0.138. The zero-order valence-corrected chi connectivity index (χ0v) is 18.2. The van der Waals surface area contributed by atoms with E-state index in [1.807, 2.05) is 13.8 Å². The van der Waals surface area contributed by atoms with Crippen LogP contribution in [-0.4, -0.2) is 59.4 Å². The number of primary amides is 1. The van der Waals surface area contributed by atoms with E-state index in [0.29, 0.717) is 0 Å². The van der Waals surface area contributed by atoms with Gasteiger partial charge >= 0.3 is 5.97 Å². The van der Waals surface area contributed by atoms with Crippen LogP contribution in [0.1, 0.15) is 32.3 Å². The molecule has 0 heterocycles. The molecule has 176 valence electrons. The smallest absolute Gasteiger partial charge is 0.322 e. The number of benzene rings is 1. The van der Waals surface area contributed by atoms with Gasteiger partial charge in [0.2, 0.25) is 23.6 Å². The zero-order valence-electron chi connectivity index (χ0n) is 18.2. The van der Waals surface area contributed by atoms with E-state index in [-0.39, 0.29) is 25.2 Å². The molecular weight excluding hydrogens is 418 g/mol. The van der Waals surface area contributed by atoms with Gasteiger partial charge in [-0.05, 0) is 17.9 Å². The van der Waals surface area contributed by atoms with Crippen LogP contribution in [0.5, 0.6) is 0 Å². The number of carboxylic acids is 1. The van der Waals surface area contributed by atoms with Gasteiger partial charge in [-0.2, -0.15) is 0 Å². The molecule has 0 bridgehead atoms. The van der Waals surface area contributed by atoms with Crippen LogP contribution in [0.2, 0.25) is 0 Å². The molecule has 0 radical (unpaired) electrons. The van der Waals surface area contributed by atoms with Crippen LogP contribution < -0.4 is 27.4 Å². The van der Waals surface area contributed by atoms with Gasteiger partial charge in [0.25, 0.3) is 0 Å². The van der Waals surface area contributed by atoms with Crippen molar-refractivity contribution in [3.05, 3.63) is 35.9 Å². The fraction of sp³-hybridized carbons (Fsp3) is 0.476. The maximum atomic E-state index is 12.9. The van der Waals surface area contributed by atoms with Crippen LogP contribution in [0, 0.1) is 5.92 Å². The minimum absolute atomic E-state index is 0.00632. The maximum absolute atomic E-state index is 12.9. The molecule has 3 unspecified atom stereocenters. The first-order chi connectivity index (χ1) is 15.0. The molecule has 11 nitrogen and oxygen atoms in total. The predicted molar refractivity (Wildman–Crippen MR) is 116 cm³/mol. The third kappa shape index (κ3) is 10.0. The average molecular weight is 450 g/mol. The van der Waals surface area contributed by atoms with E-state index in [4.69, 9.17) is 16.6 Å². The highest BCUT2D eigenvalue weighted by Crippen LogP contribution is 2.08. The number of carbonyl (C=O) groups excluding carboxylic acids is 4. The summed E-state index contributed by atoms with van der Waals surface area (Å²) in [5.41, 5.74) is 11.5. The number of hydrogen-bond acceptors (Lipinski definition) is 6. The molecule has 3 atom stereocenters. The third-order valence-electron chi connectivity index (χ3n) is 4.43. The predicted octanol–water partition coefficient (Wildman–Crippen LogP) is -1.35. The molecule has 1 aromatic carbocycles. The Morgan fingerprint density at radius 1 is 0.938 bits per heavy atom. The fourth-order valence-corrected chi connectivity index (χ4v) is 2.91. The van der Waals surface area contributed by atoms with Crippen molar-refractivity contribution >= 4 is 29.6 Å². The quantitative estimate of drug-likeness (QED) is 0.214. The number of rotatable bonds is 13. The van der Waals surface area contributed by atoms with Gasteiger partial charge in [-0.15, -0.1) is 0 Å². The molecule has 0 saturated carbocycles. The number of carboxylic acid groups (broad SMARTS) is 1. The lowest BCUT2D eigenvalue weighted by Gasteiger charge is -2.25. The van der Waals surface area contributed by atoms with Crippen molar-refractivity contribution in [3.8, 4) is 0 Å². The van der Waals surface area contributed by atoms with Gasteiger partial charge < -0.3 is 32.5 Å². The van der Waals surface area contributed by atoms with Crippen molar-refractivity contribution in [2.24, 2.45) is 17.4 Å². The van der Waals surface area contributed by atoms with E-state index in [0.717, 1.165) is 5.56 Å². The summed E-state index contributed by atoms with van der Waals surface area (Å²) < 4.78 is 0. The average Bonchev–Trinajstić information content (AvgIpc) is 2.70. The summed E-state index contributed by atoms with van der Waals surface area (Å²) in [5.74, 6) is -4.01. The van der Waals surface area contributed by atoms with E-state index < -0.39 is 54.3 Å². The second-order valence-electron chi connectivity index (χ2n) is 7.83. The third-order valence-corrected chi connectivity index (χ3v) is 4.43. The van der Waals surface area contributed by atoms with Crippen molar-refractivity contribution in [2.45, 2.75) is 51.2 Å². The maximum Gasteiger partial charge on any atom is 0.322 e. The molecule has 8 N–H and O–H groups in total. The number of nitrogens with two attached hydrogens (primary N) is 2. The van der Waals surface area contributed by atoms with Gasteiger partial charge in [0.15, 0.2) is 0 Å². The Morgan fingerprint density at radius 3 is 2.06 bits per heavy atom. The topological polar surface area (TPSA) is 194 Å². The van der Waals surface area contributed by atoms with Crippen LogP contribution in [0.25, 0.3) is 0 Å².